The topological polar surface area (TPSA) is 228 Å². The summed E-state index contributed by atoms with van der Waals surface area (Å²) in [5.74, 6) is -2.25. The van der Waals surface area contributed by atoms with Crippen LogP contribution in [0.2, 0.25) is 0 Å². The Bertz CT molecular complexity index is 1420. The number of hydrogen-bond donors (Lipinski definition) is 4. The fourth-order valence-electron chi connectivity index (χ4n) is 3.87. The lowest BCUT2D eigenvalue weighted by Gasteiger charge is -2.50. The monoisotopic (exact) mass is 639 g/mol. The third kappa shape index (κ3) is 6.78. The average Bonchev–Trinajstić information content (AvgIpc) is 3.38. The van der Waals surface area contributed by atoms with Crippen LogP contribution >= 0.6 is 46.6 Å². The smallest absolute Gasteiger partial charge is 0.365 e. The molecule has 0 radical (unpaired) electrons. The van der Waals surface area contributed by atoms with E-state index in [4.69, 9.17) is 10.5 Å². The molecular weight excluding hydrogens is 615 g/mol. The number of pyridine rings is 1. The molecule has 0 spiro atoms. The van der Waals surface area contributed by atoms with Gasteiger partial charge < -0.3 is 36.6 Å². The minimum atomic E-state index is -1.52. The van der Waals surface area contributed by atoms with E-state index in [0.717, 1.165) is 26.7 Å². The number of thiazole rings is 1. The van der Waals surface area contributed by atoms with Crippen LogP contribution in [-0.4, -0.2) is 85.1 Å². The van der Waals surface area contributed by atoms with Crippen molar-refractivity contribution in [2.24, 2.45) is 5.16 Å². The number of fused-ring (bicyclic) bond motifs is 1. The molecule has 18 heteroatoms. The molecule has 218 valence electrons. The number of carbonyl (C=O) groups is 4. The van der Waals surface area contributed by atoms with Crippen molar-refractivity contribution in [2.75, 3.05) is 23.8 Å². The molecule has 41 heavy (non-hydrogen) atoms. The fourth-order valence-corrected chi connectivity index (χ4v) is 8.06. The Morgan fingerprint density at radius 1 is 1.44 bits per heavy atom. The zero-order valence-electron chi connectivity index (χ0n) is 21.5. The van der Waals surface area contributed by atoms with Gasteiger partial charge in [-0.3, -0.25) is 19.5 Å². The Balaban J connectivity index is 1.46. The number of amides is 2. The molecule has 2 amide bonds. The molecule has 2 aromatic rings. The number of rotatable bonds is 12. The standard InChI is InChI=1S/C23H25N7O7S4/c1-2-37-22(35)11(24)7-38-6-10-5-26-4-3-13(10)41-14-9-39-20-16(19(32)30(20)17(14)21(33)34)28-18(31)15(29-36)12-8-40-23(25)27-12/h3-5,8,11,16,20,36H,2,6-7,9,24H2,1H3,(H2,25,27)(H,28,31)(H,33,34)/b29-15-/t11?,16-,20-/m1/s1. The lowest BCUT2D eigenvalue weighted by atomic mass is 10.0. The summed E-state index contributed by atoms with van der Waals surface area (Å²) in [6.45, 7) is 2.01. The molecule has 3 atom stereocenters. The zero-order valence-corrected chi connectivity index (χ0v) is 24.7. The molecule has 4 heterocycles. The third-order valence-corrected chi connectivity index (χ3v) is 10.3. The Morgan fingerprint density at radius 3 is 2.88 bits per heavy atom. The minimum absolute atomic E-state index is 0.0411. The van der Waals surface area contributed by atoms with Crippen LogP contribution in [0.25, 0.3) is 0 Å². The van der Waals surface area contributed by atoms with Crippen LogP contribution in [0.3, 0.4) is 0 Å². The number of carbonyl (C=O) groups excluding carboxylic acids is 4. The largest absolute Gasteiger partial charge is 0.543 e. The quantitative estimate of drug-likeness (QED) is 0.0709. The number of oxime groups is 1. The third-order valence-electron chi connectivity index (χ3n) is 5.78. The Labute approximate surface area is 250 Å². The summed E-state index contributed by atoms with van der Waals surface area (Å²) in [7, 11) is 0. The Morgan fingerprint density at radius 2 is 2.22 bits per heavy atom. The summed E-state index contributed by atoms with van der Waals surface area (Å²) in [5, 5.41) is 27.9. The highest BCUT2D eigenvalue weighted by Crippen LogP contribution is 2.45. The van der Waals surface area contributed by atoms with Crippen molar-refractivity contribution in [3.8, 4) is 0 Å². The maximum Gasteiger partial charge on any atom is 0.365 e. The number of nitrogen functional groups attached to an aromatic ring is 1. The van der Waals surface area contributed by atoms with Crippen LogP contribution in [0, 0.1) is 0 Å². The van der Waals surface area contributed by atoms with E-state index in [1.165, 1.54) is 40.7 Å². The lowest BCUT2D eigenvalue weighted by molar-refractivity contribution is -0.401. The number of carboxylic acid groups (broad SMARTS) is 1. The van der Waals surface area contributed by atoms with Crippen LogP contribution in [0.4, 0.5) is 5.13 Å². The highest BCUT2D eigenvalue weighted by atomic mass is 32.2. The summed E-state index contributed by atoms with van der Waals surface area (Å²) in [5.41, 5.74) is 9.57. The van der Waals surface area contributed by atoms with Crippen molar-refractivity contribution in [2.45, 2.75) is 35.0 Å². The maximum absolute atomic E-state index is 13.0. The second-order valence-corrected chi connectivity index (χ2v) is 12.7. The Kier molecular flexibility index (Phi) is 10.1. The predicted molar refractivity (Wildman–Crippen MR) is 151 cm³/mol. The van der Waals surface area contributed by atoms with Gasteiger partial charge in [-0.1, -0.05) is 16.9 Å². The van der Waals surface area contributed by atoms with Gasteiger partial charge >= 0.3 is 5.97 Å². The predicted octanol–water partition coefficient (Wildman–Crippen LogP) is -1.14. The van der Waals surface area contributed by atoms with Crippen molar-refractivity contribution in [3.63, 3.8) is 0 Å². The summed E-state index contributed by atoms with van der Waals surface area (Å²) in [6.07, 6.45) is 3.24. The second-order valence-electron chi connectivity index (χ2n) is 8.49. The number of aromatic nitrogens is 2. The number of esters is 1. The van der Waals surface area contributed by atoms with Crippen LogP contribution in [0.15, 0.2) is 44.5 Å². The molecule has 0 aliphatic carbocycles. The van der Waals surface area contributed by atoms with Gasteiger partial charge in [-0.15, -0.1) is 23.1 Å². The van der Waals surface area contributed by atoms with Crippen LogP contribution < -0.4 is 21.9 Å². The number of anilines is 1. The zero-order chi connectivity index (χ0) is 29.7. The highest BCUT2D eigenvalue weighted by Gasteiger charge is 2.53. The number of quaternary nitrogens is 1. The molecule has 14 nitrogen and oxygen atoms in total. The van der Waals surface area contributed by atoms with Crippen molar-refractivity contribution in [1.82, 2.24) is 20.2 Å². The van der Waals surface area contributed by atoms with E-state index in [9.17, 15) is 29.5 Å². The number of carboxylic acids is 1. The van der Waals surface area contributed by atoms with Gasteiger partial charge in [0.1, 0.15) is 17.1 Å². The van der Waals surface area contributed by atoms with E-state index >= 15 is 0 Å². The summed E-state index contributed by atoms with van der Waals surface area (Å²) in [6, 6.07) is 0.160. The number of nitrogens with zero attached hydrogens (tertiary/aromatic N) is 4. The number of aliphatic carboxylic acids is 1. The van der Waals surface area contributed by atoms with E-state index in [1.54, 1.807) is 25.4 Å². The Hall–Kier alpha value is -3.32. The molecule has 2 aromatic heterocycles. The van der Waals surface area contributed by atoms with Crippen LogP contribution in [0.5, 0.6) is 0 Å². The molecule has 2 aliphatic heterocycles. The fraction of sp³-hybridized carbons (Fsp3) is 0.348. The molecule has 0 bridgehead atoms. The first-order valence-corrected chi connectivity index (χ1v) is 15.9. The van der Waals surface area contributed by atoms with Crippen molar-refractivity contribution in [1.29, 1.82) is 0 Å². The number of nitrogens with two attached hydrogens (primary N) is 1. The van der Waals surface area contributed by atoms with E-state index in [1.807, 2.05) is 0 Å². The van der Waals surface area contributed by atoms with Gasteiger partial charge in [-0.05, 0) is 18.6 Å². The normalized spacial score (nSPS) is 19.3. The molecule has 2 aliphatic rings. The number of β-lactam (4-membered cyclic amide) rings is 1. The first-order valence-electron chi connectivity index (χ1n) is 12.0. The lowest BCUT2D eigenvalue weighted by Crippen LogP contribution is -2.71. The summed E-state index contributed by atoms with van der Waals surface area (Å²) >= 11 is 4.97. The first kappa shape index (κ1) is 30.6. The molecule has 0 saturated carbocycles. The highest BCUT2D eigenvalue weighted by molar-refractivity contribution is 8.06. The molecular formula is C23H25N7O7S4. The molecule has 7 N–H and O–H groups in total. The van der Waals surface area contributed by atoms with Gasteiger partial charge in [0.25, 0.3) is 11.8 Å². The van der Waals surface area contributed by atoms with Gasteiger partial charge in [-0.25, -0.2) is 9.78 Å². The average molecular weight is 640 g/mol. The maximum atomic E-state index is 13.0. The van der Waals surface area contributed by atoms with E-state index < -0.39 is 41.0 Å². The van der Waals surface area contributed by atoms with Gasteiger partial charge in [-0.2, -0.15) is 11.8 Å². The summed E-state index contributed by atoms with van der Waals surface area (Å²) < 4.78 is 4.98. The van der Waals surface area contributed by atoms with Gasteiger partial charge in [0.2, 0.25) is 0 Å². The van der Waals surface area contributed by atoms with Crippen LogP contribution in [0.1, 0.15) is 18.2 Å². The van der Waals surface area contributed by atoms with E-state index in [2.05, 4.69) is 26.2 Å². The SMILES string of the molecule is CCOC(=O)C([NH3+])CSCc1cnccc1SC1=C(C(=O)[O-])N2C(=O)[C@@H](NC(=O)/C(=N\O)c3csc(N)n3)[C@H]2SC1. The first-order chi connectivity index (χ1) is 19.7. The molecule has 1 saturated heterocycles. The van der Waals surface area contributed by atoms with Crippen molar-refractivity contribution < 1.29 is 40.0 Å². The number of thioether (sulfide) groups is 3. The van der Waals surface area contributed by atoms with Gasteiger partial charge in [0.15, 0.2) is 16.9 Å². The second kappa shape index (κ2) is 13.6. The molecule has 1 unspecified atom stereocenters. The van der Waals surface area contributed by atoms with Crippen LogP contribution in [-0.2, 0) is 29.7 Å². The van der Waals surface area contributed by atoms with Crippen molar-refractivity contribution >= 4 is 81.2 Å². The molecule has 1 fully saturated rings. The van der Waals surface area contributed by atoms with Crippen molar-refractivity contribution in [3.05, 3.63) is 45.7 Å². The minimum Gasteiger partial charge on any atom is -0.543 e. The number of ether oxygens (including phenoxy) is 1. The number of nitrogens with one attached hydrogen (secondary N) is 1. The number of hydrogen-bond acceptors (Lipinski definition) is 15. The molecule has 0 aromatic carbocycles. The molecule has 4 rings (SSSR count). The van der Waals surface area contributed by atoms with Gasteiger partial charge in [0, 0.05) is 39.1 Å². The summed E-state index contributed by atoms with van der Waals surface area (Å²) in [4.78, 5) is 60.1. The van der Waals surface area contributed by atoms with E-state index in [0.29, 0.717) is 16.4 Å². The van der Waals surface area contributed by atoms with E-state index in [-0.39, 0.29) is 34.9 Å². The van der Waals surface area contributed by atoms with Gasteiger partial charge in [0.05, 0.1) is 24.0 Å².